The maximum absolute atomic E-state index is 14.1. The van der Waals surface area contributed by atoms with Crippen LogP contribution < -0.4 is 10.5 Å². The van der Waals surface area contributed by atoms with Gasteiger partial charge in [0.1, 0.15) is 17.4 Å². The van der Waals surface area contributed by atoms with Gasteiger partial charge in [-0.05, 0) is 30.3 Å². The first-order valence-electron chi connectivity index (χ1n) is 8.38. The zero-order chi connectivity index (χ0) is 19.1. The molecule has 2 heterocycles. The van der Waals surface area contributed by atoms with Crippen molar-refractivity contribution < 1.29 is 9.13 Å². The molecule has 7 heteroatoms. The van der Waals surface area contributed by atoms with Crippen molar-refractivity contribution in [3.63, 3.8) is 0 Å². The highest BCUT2D eigenvalue weighted by molar-refractivity contribution is 9.10. The Hall–Kier alpha value is -2.69. The van der Waals surface area contributed by atoms with Gasteiger partial charge in [-0.25, -0.2) is 4.39 Å². The molecule has 0 radical (unpaired) electrons. The quantitative estimate of drug-likeness (QED) is 0.589. The molecule has 1 aliphatic heterocycles. The van der Waals surface area contributed by atoms with Crippen molar-refractivity contribution in [2.45, 2.75) is 6.61 Å². The molecule has 0 atom stereocenters. The summed E-state index contributed by atoms with van der Waals surface area (Å²) >= 11 is 3.54. The number of benzene rings is 2. The van der Waals surface area contributed by atoms with Crippen LogP contribution in [0.2, 0.25) is 0 Å². The van der Waals surface area contributed by atoms with Crippen molar-refractivity contribution in [2.24, 2.45) is 7.05 Å². The fourth-order valence-corrected chi connectivity index (χ4v) is 3.98. The summed E-state index contributed by atoms with van der Waals surface area (Å²) in [6, 6.07) is 12.0. The van der Waals surface area contributed by atoms with Gasteiger partial charge in [0.05, 0.1) is 24.4 Å². The normalized spacial score (nSPS) is 13.9. The summed E-state index contributed by atoms with van der Waals surface area (Å²) < 4.78 is 22.0. The molecule has 136 valence electrons. The SMILES string of the molecule is Cn1c(=O)c(C#N)c(N2CCOCc3c(Br)cccc32)c2cc(F)ccc21. The maximum atomic E-state index is 14.1. The fraction of sp³-hybridized carbons (Fsp3) is 0.200. The molecule has 0 unspecified atom stereocenters. The molecule has 3 aromatic rings. The van der Waals surface area contributed by atoms with Crippen molar-refractivity contribution in [1.82, 2.24) is 4.57 Å². The second-order valence-electron chi connectivity index (χ2n) is 6.30. The summed E-state index contributed by atoms with van der Waals surface area (Å²) in [5.74, 6) is -0.424. The van der Waals surface area contributed by atoms with Crippen LogP contribution in [0, 0.1) is 17.1 Å². The van der Waals surface area contributed by atoms with Gasteiger partial charge in [-0.15, -0.1) is 0 Å². The predicted molar refractivity (Wildman–Crippen MR) is 105 cm³/mol. The van der Waals surface area contributed by atoms with E-state index in [4.69, 9.17) is 4.74 Å². The third kappa shape index (κ3) is 2.82. The van der Waals surface area contributed by atoms with Gasteiger partial charge in [0.15, 0.2) is 0 Å². The van der Waals surface area contributed by atoms with Crippen molar-refractivity contribution >= 4 is 38.2 Å². The average Bonchev–Trinajstić information content (AvgIpc) is 2.88. The van der Waals surface area contributed by atoms with Gasteiger partial charge in [0, 0.05) is 34.7 Å². The smallest absolute Gasteiger partial charge is 0.270 e. The van der Waals surface area contributed by atoms with Gasteiger partial charge >= 0.3 is 0 Å². The number of fused-ring (bicyclic) bond motifs is 2. The van der Waals surface area contributed by atoms with Crippen LogP contribution in [0.5, 0.6) is 0 Å². The zero-order valence-corrected chi connectivity index (χ0v) is 16.1. The van der Waals surface area contributed by atoms with Gasteiger partial charge in [-0.1, -0.05) is 22.0 Å². The highest BCUT2D eigenvalue weighted by atomic mass is 79.9. The van der Waals surface area contributed by atoms with Crippen molar-refractivity contribution in [3.05, 3.63) is 68.2 Å². The molecule has 0 fully saturated rings. The summed E-state index contributed by atoms with van der Waals surface area (Å²) in [4.78, 5) is 14.7. The van der Waals surface area contributed by atoms with E-state index >= 15 is 0 Å². The molecular weight excluding hydrogens is 413 g/mol. The Balaban J connectivity index is 2.13. The topological polar surface area (TPSA) is 58.3 Å². The minimum Gasteiger partial charge on any atom is -0.375 e. The lowest BCUT2D eigenvalue weighted by Crippen LogP contribution is -2.28. The number of anilines is 2. The zero-order valence-electron chi connectivity index (χ0n) is 14.5. The number of aryl methyl sites for hydroxylation is 1. The first kappa shape index (κ1) is 17.7. The lowest BCUT2D eigenvalue weighted by molar-refractivity contribution is 0.133. The summed E-state index contributed by atoms with van der Waals surface area (Å²) in [6.07, 6.45) is 0. The van der Waals surface area contributed by atoms with Crippen LogP contribution in [-0.4, -0.2) is 17.7 Å². The van der Waals surface area contributed by atoms with Crippen molar-refractivity contribution in [1.29, 1.82) is 5.26 Å². The van der Waals surface area contributed by atoms with Gasteiger partial charge in [-0.2, -0.15) is 5.26 Å². The van der Waals surface area contributed by atoms with E-state index in [-0.39, 0.29) is 5.56 Å². The molecule has 1 aliphatic rings. The molecule has 0 saturated heterocycles. The Kier molecular flexibility index (Phi) is 4.46. The minimum atomic E-state index is -0.424. The Morgan fingerprint density at radius 2 is 2.11 bits per heavy atom. The number of halogens is 2. The number of hydrogen-bond acceptors (Lipinski definition) is 4. The number of hydrogen-bond donors (Lipinski definition) is 0. The minimum absolute atomic E-state index is 0.0107. The summed E-state index contributed by atoms with van der Waals surface area (Å²) in [7, 11) is 1.59. The number of ether oxygens (including phenoxy) is 1. The second kappa shape index (κ2) is 6.80. The van der Waals surface area contributed by atoms with E-state index in [0.29, 0.717) is 36.3 Å². The lowest BCUT2D eigenvalue weighted by atomic mass is 10.1. The van der Waals surface area contributed by atoms with E-state index in [9.17, 15) is 14.4 Å². The van der Waals surface area contributed by atoms with Gasteiger partial charge in [0.25, 0.3) is 5.56 Å². The standard InChI is InChI=1S/C20H15BrFN3O2/c1-24-17-6-5-12(22)9-13(17)19(14(10-23)20(24)26)25-7-8-27-11-15-16(21)3-2-4-18(15)25/h2-6,9H,7-8,11H2,1H3. The Morgan fingerprint density at radius 3 is 2.89 bits per heavy atom. The average molecular weight is 428 g/mol. The molecule has 0 saturated carbocycles. The van der Waals surface area contributed by atoms with Crippen LogP contribution in [0.3, 0.4) is 0 Å². The Labute approximate surface area is 163 Å². The number of nitriles is 1. The van der Waals surface area contributed by atoms with Crippen LogP contribution in [0.1, 0.15) is 11.1 Å². The number of rotatable bonds is 1. The van der Waals surface area contributed by atoms with Gasteiger partial charge in [-0.3, -0.25) is 4.79 Å². The number of pyridine rings is 1. The molecule has 2 aromatic carbocycles. The highest BCUT2D eigenvalue weighted by Gasteiger charge is 2.25. The van der Waals surface area contributed by atoms with Crippen LogP contribution in [0.4, 0.5) is 15.8 Å². The Bertz CT molecular complexity index is 1170. The molecule has 27 heavy (non-hydrogen) atoms. The summed E-state index contributed by atoms with van der Waals surface area (Å²) in [5, 5.41) is 10.2. The fourth-order valence-electron chi connectivity index (χ4n) is 3.51. The Morgan fingerprint density at radius 1 is 1.30 bits per heavy atom. The van der Waals surface area contributed by atoms with E-state index in [0.717, 1.165) is 15.7 Å². The maximum Gasteiger partial charge on any atom is 0.270 e. The van der Waals surface area contributed by atoms with Crippen molar-refractivity contribution in [2.75, 3.05) is 18.1 Å². The third-order valence-corrected chi connectivity index (χ3v) is 5.55. The molecule has 5 nitrogen and oxygen atoms in total. The van der Waals surface area contributed by atoms with Gasteiger partial charge < -0.3 is 14.2 Å². The van der Waals surface area contributed by atoms with E-state index < -0.39 is 11.4 Å². The first-order valence-corrected chi connectivity index (χ1v) is 9.17. The van der Waals surface area contributed by atoms with Crippen molar-refractivity contribution in [3.8, 4) is 6.07 Å². The van der Waals surface area contributed by atoms with Crippen LogP contribution in [-0.2, 0) is 18.4 Å². The molecule has 0 spiro atoms. The molecule has 0 amide bonds. The largest absolute Gasteiger partial charge is 0.375 e. The summed E-state index contributed by atoms with van der Waals surface area (Å²) in [6.45, 7) is 1.27. The second-order valence-corrected chi connectivity index (χ2v) is 7.16. The number of nitrogens with zero attached hydrogens (tertiary/aromatic N) is 3. The molecule has 0 bridgehead atoms. The van der Waals surface area contributed by atoms with Crippen LogP contribution >= 0.6 is 15.9 Å². The van der Waals surface area contributed by atoms with E-state index in [1.54, 1.807) is 13.1 Å². The van der Waals surface area contributed by atoms with Crippen LogP contribution in [0.15, 0.2) is 45.7 Å². The molecule has 0 N–H and O–H groups in total. The predicted octanol–water partition coefficient (Wildman–Crippen LogP) is 3.98. The highest BCUT2D eigenvalue weighted by Crippen LogP contribution is 2.39. The molecular formula is C20H15BrFN3O2. The lowest BCUT2D eigenvalue weighted by Gasteiger charge is -2.27. The first-order chi connectivity index (χ1) is 13.0. The van der Waals surface area contributed by atoms with Gasteiger partial charge in [0.2, 0.25) is 0 Å². The van der Waals surface area contributed by atoms with E-state index in [1.807, 2.05) is 29.2 Å². The number of aromatic nitrogens is 1. The summed E-state index contributed by atoms with van der Waals surface area (Å²) in [5.41, 5.74) is 2.31. The third-order valence-electron chi connectivity index (χ3n) is 4.80. The molecule has 0 aliphatic carbocycles. The van der Waals surface area contributed by atoms with Crippen LogP contribution in [0.25, 0.3) is 10.9 Å². The molecule has 4 rings (SSSR count). The van der Waals surface area contributed by atoms with E-state index in [2.05, 4.69) is 15.9 Å². The monoisotopic (exact) mass is 427 g/mol. The molecule has 1 aromatic heterocycles. The van der Waals surface area contributed by atoms with E-state index in [1.165, 1.54) is 16.7 Å².